The number of carbonyl (C=O) groups is 1. The standard InChI is InChI=1S/C19H18ClN5OS/c1-13-2-8-16(9-3-13)24-10-11-25-18(24)22-23-19(25)27-12-17(26)21-15-6-4-14(20)5-7-15/h2-9H,10-12H2,1H3,(H,21,26). The maximum absolute atomic E-state index is 12.2. The van der Waals surface area contributed by atoms with E-state index < -0.39 is 0 Å². The molecule has 3 aromatic rings. The Hall–Kier alpha value is -2.51. The van der Waals surface area contributed by atoms with E-state index in [1.165, 1.54) is 17.3 Å². The molecule has 0 spiro atoms. The molecule has 138 valence electrons. The molecule has 1 aliphatic rings. The van der Waals surface area contributed by atoms with Gasteiger partial charge in [0.25, 0.3) is 0 Å². The van der Waals surface area contributed by atoms with E-state index in [9.17, 15) is 4.79 Å². The first-order valence-electron chi connectivity index (χ1n) is 8.56. The first-order valence-corrected chi connectivity index (χ1v) is 9.92. The first-order chi connectivity index (χ1) is 13.1. The Bertz CT molecular complexity index is 955. The Morgan fingerprint density at radius 2 is 1.85 bits per heavy atom. The molecule has 0 saturated heterocycles. The number of halogens is 1. The molecule has 1 aromatic heterocycles. The van der Waals surface area contributed by atoms with Gasteiger partial charge < -0.3 is 10.2 Å². The minimum Gasteiger partial charge on any atom is -0.325 e. The van der Waals surface area contributed by atoms with E-state index >= 15 is 0 Å². The van der Waals surface area contributed by atoms with Crippen molar-refractivity contribution in [2.75, 3.05) is 22.5 Å². The Balaban J connectivity index is 1.40. The zero-order chi connectivity index (χ0) is 18.8. The molecule has 0 radical (unpaired) electrons. The third kappa shape index (κ3) is 3.94. The molecule has 0 saturated carbocycles. The Kier molecular flexibility index (Phi) is 5.05. The van der Waals surface area contributed by atoms with Crippen LogP contribution < -0.4 is 10.2 Å². The second kappa shape index (κ2) is 7.62. The SMILES string of the molecule is Cc1ccc(N2CCn3c(SCC(=O)Nc4ccc(Cl)cc4)nnc32)cc1. The summed E-state index contributed by atoms with van der Waals surface area (Å²) in [6.07, 6.45) is 0. The topological polar surface area (TPSA) is 63.1 Å². The molecule has 0 aliphatic carbocycles. The molecule has 2 aromatic carbocycles. The normalized spacial score (nSPS) is 12.9. The molecule has 0 atom stereocenters. The van der Waals surface area contributed by atoms with E-state index in [1.807, 2.05) is 0 Å². The third-order valence-electron chi connectivity index (χ3n) is 4.29. The van der Waals surface area contributed by atoms with Crippen molar-refractivity contribution < 1.29 is 4.79 Å². The highest BCUT2D eigenvalue weighted by Crippen LogP contribution is 2.32. The number of anilines is 3. The number of benzene rings is 2. The van der Waals surface area contributed by atoms with Crippen LogP contribution in [0.4, 0.5) is 17.3 Å². The van der Waals surface area contributed by atoms with E-state index in [-0.39, 0.29) is 11.7 Å². The molecular formula is C19H18ClN5OS. The van der Waals surface area contributed by atoms with Crippen LogP contribution in [0.5, 0.6) is 0 Å². The summed E-state index contributed by atoms with van der Waals surface area (Å²) in [5, 5.41) is 12.8. The van der Waals surface area contributed by atoms with Crippen LogP contribution in [-0.2, 0) is 11.3 Å². The predicted octanol–water partition coefficient (Wildman–Crippen LogP) is 4.12. The van der Waals surface area contributed by atoms with Crippen LogP contribution in [0, 0.1) is 6.92 Å². The third-order valence-corrected chi connectivity index (χ3v) is 5.51. The average molecular weight is 400 g/mol. The molecule has 1 amide bonds. The van der Waals surface area contributed by atoms with Crippen LogP contribution in [0.3, 0.4) is 0 Å². The largest absolute Gasteiger partial charge is 0.325 e. The second-order valence-electron chi connectivity index (χ2n) is 6.27. The molecule has 2 heterocycles. The van der Waals surface area contributed by atoms with Gasteiger partial charge in [0.2, 0.25) is 11.9 Å². The van der Waals surface area contributed by atoms with Crippen molar-refractivity contribution in [1.82, 2.24) is 14.8 Å². The number of carbonyl (C=O) groups excluding carboxylic acids is 1. The highest BCUT2D eigenvalue weighted by molar-refractivity contribution is 7.99. The lowest BCUT2D eigenvalue weighted by Gasteiger charge is -2.15. The first kappa shape index (κ1) is 17.9. The van der Waals surface area contributed by atoms with Crippen LogP contribution in [0.25, 0.3) is 0 Å². The van der Waals surface area contributed by atoms with Gasteiger partial charge in [-0.25, -0.2) is 0 Å². The zero-order valence-corrected chi connectivity index (χ0v) is 16.3. The van der Waals surface area contributed by atoms with Crippen molar-refractivity contribution in [3.8, 4) is 0 Å². The van der Waals surface area contributed by atoms with Crippen LogP contribution in [0.15, 0.2) is 53.7 Å². The summed E-state index contributed by atoms with van der Waals surface area (Å²) in [6, 6.07) is 15.4. The van der Waals surface area contributed by atoms with Crippen LogP contribution in [0.2, 0.25) is 5.02 Å². The van der Waals surface area contributed by atoms with E-state index in [0.717, 1.165) is 35.6 Å². The molecule has 4 rings (SSSR count). The van der Waals surface area contributed by atoms with Gasteiger partial charge in [0.05, 0.1) is 5.75 Å². The fourth-order valence-electron chi connectivity index (χ4n) is 2.91. The van der Waals surface area contributed by atoms with Gasteiger partial charge in [-0.3, -0.25) is 9.36 Å². The Labute approximate surface area is 166 Å². The summed E-state index contributed by atoms with van der Waals surface area (Å²) in [4.78, 5) is 14.3. The summed E-state index contributed by atoms with van der Waals surface area (Å²) in [6.45, 7) is 3.72. The number of fused-ring (bicyclic) bond motifs is 1. The van der Waals surface area contributed by atoms with E-state index in [2.05, 4.69) is 56.2 Å². The van der Waals surface area contributed by atoms with Crippen LogP contribution >= 0.6 is 23.4 Å². The summed E-state index contributed by atoms with van der Waals surface area (Å²) in [5.41, 5.74) is 3.05. The molecule has 0 fully saturated rings. The van der Waals surface area contributed by atoms with E-state index in [1.54, 1.807) is 24.3 Å². The number of hydrogen-bond acceptors (Lipinski definition) is 5. The van der Waals surface area contributed by atoms with Crippen molar-refractivity contribution in [1.29, 1.82) is 0 Å². The number of aryl methyl sites for hydroxylation is 1. The summed E-state index contributed by atoms with van der Waals surface area (Å²) in [5.74, 6) is 0.998. The van der Waals surface area contributed by atoms with Gasteiger partial charge >= 0.3 is 0 Å². The minimum atomic E-state index is -0.0898. The smallest absolute Gasteiger partial charge is 0.234 e. The van der Waals surface area contributed by atoms with Crippen LogP contribution in [-0.4, -0.2) is 33.0 Å². The quantitative estimate of drug-likeness (QED) is 0.654. The minimum absolute atomic E-state index is 0.0898. The van der Waals surface area contributed by atoms with Gasteiger partial charge in [0.15, 0.2) is 5.16 Å². The van der Waals surface area contributed by atoms with Crippen molar-refractivity contribution in [2.45, 2.75) is 18.6 Å². The van der Waals surface area contributed by atoms with Crippen molar-refractivity contribution in [2.24, 2.45) is 0 Å². The second-order valence-corrected chi connectivity index (χ2v) is 7.64. The monoisotopic (exact) mass is 399 g/mol. The van der Waals surface area contributed by atoms with Gasteiger partial charge in [-0.05, 0) is 43.3 Å². The van der Waals surface area contributed by atoms with Crippen molar-refractivity contribution in [3.63, 3.8) is 0 Å². The molecule has 6 nitrogen and oxygen atoms in total. The number of amides is 1. The Morgan fingerprint density at radius 3 is 2.59 bits per heavy atom. The molecule has 1 aliphatic heterocycles. The molecule has 0 unspecified atom stereocenters. The number of rotatable bonds is 5. The van der Waals surface area contributed by atoms with E-state index in [4.69, 9.17) is 11.6 Å². The van der Waals surface area contributed by atoms with Gasteiger partial charge in [0, 0.05) is 29.5 Å². The van der Waals surface area contributed by atoms with Crippen molar-refractivity contribution >= 4 is 46.6 Å². The average Bonchev–Trinajstić information content (AvgIpc) is 3.25. The Morgan fingerprint density at radius 1 is 1.11 bits per heavy atom. The molecular weight excluding hydrogens is 382 g/mol. The number of hydrogen-bond donors (Lipinski definition) is 1. The highest BCUT2D eigenvalue weighted by atomic mass is 35.5. The molecule has 27 heavy (non-hydrogen) atoms. The number of nitrogens with one attached hydrogen (secondary N) is 1. The summed E-state index contributed by atoms with van der Waals surface area (Å²) >= 11 is 7.24. The molecule has 0 bridgehead atoms. The van der Waals surface area contributed by atoms with E-state index in [0.29, 0.717) is 5.02 Å². The maximum Gasteiger partial charge on any atom is 0.234 e. The maximum atomic E-state index is 12.2. The van der Waals surface area contributed by atoms with Gasteiger partial charge in [-0.15, -0.1) is 10.2 Å². The fraction of sp³-hybridized carbons (Fsp3) is 0.211. The van der Waals surface area contributed by atoms with Gasteiger partial charge in [-0.2, -0.15) is 0 Å². The zero-order valence-electron chi connectivity index (χ0n) is 14.7. The van der Waals surface area contributed by atoms with Gasteiger partial charge in [-0.1, -0.05) is 41.1 Å². The van der Waals surface area contributed by atoms with Crippen LogP contribution in [0.1, 0.15) is 5.56 Å². The lowest BCUT2D eigenvalue weighted by atomic mass is 10.2. The molecule has 1 N–H and O–H groups in total. The van der Waals surface area contributed by atoms with Gasteiger partial charge in [0.1, 0.15) is 0 Å². The number of thioether (sulfide) groups is 1. The number of aromatic nitrogens is 3. The lowest BCUT2D eigenvalue weighted by molar-refractivity contribution is -0.113. The predicted molar refractivity (Wildman–Crippen MR) is 109 cm³/mol. The fourth-order valence-corrected chi connectivity index (χ4v) is 3.80. The van der Waals surface area contributed by atoms with Crippen molar-refractivity contribution in [3.05, 3.63) is 59.1 Å². The lowest BCUT2D eigenvalue weighted by Crippen LogP contribution is -2.14. The highest BCUT2D eigenvalue weighted by Gasteiger charge is 2.26. The summed E-state index contributed by atoms with van der Waals surface area (Å²) < 4.78 is 2.06. The number of nitrogens with zero attached hydrogens (tertiary/aromatic N) is 4. The molecule has 8 heteroatoms. The summed E-state index contributed by atoms with van der Waals surface area (Å²) in [7, 11) is 0.